The largest absolute Gasteiger partial charge is 0.598 e. The van der Waals surface area contributed by atoms with Crippen molar-refractivity contribution < 1.29 is 41.6 Å². The van der Waals surface area contributed by atoms with Crippen LogP contribution >= 0.6 is 0 Å². The number of urea groups is 1. The third kappa shape index (κ3) is 5.68. The van der Waals surface area contributed by atoms with E-state index in [1.165, 1.54) is 20.8 Å². The summed E-state index contributed by atoms with van der Waals surface area (Å²) < 4.78 is 64.3. The van der Waals surface area contributed by atoms with E-state index in [9.17, 15) is 28.1 Å². The Morgan fingerprint density at radius 2 is 1.86 bits per heavy atom. The number of imide groups is 2. The second-order valence-corrected chi connectivity index (χ2v) is 11.3. The van der Waals surface area contributed by atoms with Crippen LogP contribution in [0.15, 0.2) is 24.3 Å². The lowest BCUT2D eigenvalue weighted by Gasteiger charge is -2.38. The number of hydrogen-bond donors (Lipinski definition) is 2. The lowest BCUT2D eigenvalue weighted by atomic mass is 9.88. The van der Waals surface area contributed by atoms with Crippen LogP contribution in [-0.2, 0) is 30.5 Å². The van der Waals surface area contributed by atoms with E-state index in [0.29, 0.717) is 4.90 Å². The fourth-order valence-electron chi connectivity index (χ4n) is 3.77. The molecule has 9 nitrogen and oxygen atoms in total. The van der Waals surface area contributed by atoms with Crippen LogP contribution in [-0.4, -0.2) is 63.0 Å². The zero-order valence-electron chi connectivity index (χ0n) is 19.3. The lowest BCUT2D eigenvalue weighted by Crippen LogP contribution is -2.65. The molecular formula is C22H26F3N3O6S. The molecule has 1 aromatic rings. The highest BCUT2D eigenvalue weighted by atomic mass is 32.2. The van der Waals surface area contributed by atoms with Gasteiger partial charge in [0, 0.05) is 30.6 Å². The first-order chi connectivity index (χ1) is 16.2. The van der Waals surface area contributed by atoms with E-state index in [4.69, 9.17) is 4.74 Å². The standard InChI is InChI=1S/C22H26F3N3O6S/c1-21(2,3)35(33)27-16(12-5-4-6-13(23)11-12)22(24,25)17(29)15-18(30)26-20(32)28(19(15)31)14-7-9-34-10-8-14/h4-6,11,14-16,27H,7-10H2,1-3H3,(H,26,30,32)/t15?,16?,35-/m0/s1. The van der Waals surface area contributed by atoms with Crippen molar-refractivity contribution in [2.24, 2.45) is 5.92 Å². The highest BCUT2D eigenvalue weighted by Crippen LogP contribution is 2.38. The van der Waals surface area contributed by atoms with Crippen LogP contribution in [0.25, 0.3) is 0 Å². The first-order valence-electron chi connectivity index (χ1n) is 10.9. The molecule has 0 bridgehead atoms. The number of carbonyl (C=O) groups excluding carboxylic acids is 4. The quantitative estimate of drug-likeness (QED) is 0.418. The van der Waals surface area contributed by atoms with Gasteiger partial charge < -0.3 is 9.29 Å². The van der Waals surface area contributed by atoms with Gasteiger partial charge in [-0.1, -0.05) is 12.1 Å². The van der Waals surface area contributed by atoms with Gasteiger partial charge in [-0.15, -0.1) is 4.72 Å². The summed E-state index contributed by atoms with van der Waals surface area (Å²) in [6, 6.07) is -0.213. The summed E-state index contributed by atoms with van der Waals surface area (Å²) in [7, 11) is 0. The minimum atomic E-state index is -4.49. The highest BCUT2D eigenvalue weighted by molar-refractivity contribution is 7.90. The van der Waals surface area contributed by atoms with Crippen molar-refractivity contribution in [2.75, 3.05) is 13.2 Å². The number of hydrogen-bond acceptors (Lipinski definition) is 7. The highest BCUT2D eigenvalue weighted by Gasteiger charge is 2.59. The minimum Gasteiger partial charge on any atom is -0.598 e. The van der Waals surface area contributed by atoms with Crippen molar-refractivity contribution in [3.8, 4) is 0 Å². The smallest absolute Gasteiger partial charge is 0.331 e. The van der Waals surface area contributed by atoms with Crippen molar-refractivity contribution in [3.05, 3.63) is 35.6 Å². The maximum atomic E-state index is 15.7. The Hall–Kier alpha value is -2.48. The number of ketones is 1. The van der Waals surface area contributed by atoms with Crippen LogP contribution in [0.4, 0.5) is 18.0 Å². The van der Waals surface area contributed by atoms with Crippen LogP contribution in [0.5, 0.6) is 0 Å². The zero-order chi connectivity index (χ0) is 26.1. The minimum absolute atomic E-state index is 0.203. The van der Waals surface area contributed by atoms with E-state index >= 15 is 8.78 Å². The summed E-state index contributed by atoms with van der Waals surface area (Å²) in [5.74, 6) is -12.9. The van der Waals surface area contributed by atoms with Gasteiger partial charge in [0.05, 0.1) is 0 Å². The molecule has 3 atom stereocenters. The monoisotopic (exact) mass is 517 g/mol. The number of ether oxygens (including phenoxy) is 1. The maximum Gasteiger partial charge on any atom is 0.331 e. The summed E-state index contributed by atoms with van der Waals surface area (Å²) in [6.45, 7) is 4.89. The van der Waals surface area contributed by atoms with Gasteiger partial charge in [0.1, 0.15) is 16.6 Å². The maximum absolute atomic E-state index is 15.7. The first-order valence-corrected chi connectivity index (χ1v) is 12.0. The van der Waals surface area contributed by atoms with Crippen molar-refractivity contribution in [1.82, 2.24) is 14.9 Å². The molecule has 2 saturated heterocycles. The average molecular weight is 518 g/mol. The third-order valence-electron chi connectivity index (χ3n) is 5.67. The Labute approximate surface area is 203 Å². The molecule has 192 valence electrons. The van der Waals surface area contributed by atoms with Crippen LogP contribution in [0.1, 0.15) is 45.2 Å². The number of Topliss-reactive ketones (excluding diaryl/α,β-unsaturated/α-hetero) is 1. The van der Waals surface area contributed by atoms with E-state index in [0.717, 1.165) is 24.3 Å². The average Bonchev–Trinajstić information content (AvgIpc) is 2.76. The Morgan fingerprint density at radius 1 is 1.23 bits per heavy atom. The number of benzene rings is 1. The normalized spacial score (nSPS) is 22.1. The molecule has 3 rings (SSSR count). The second kappa shape index (κ2) is 10.2. The molecule has 0 aromatic heterocycles. The molecule has 2 aliphatic heterocycles. The van der Waals surface area contributed by atoms with Gasteiger partial charge in [0.2, 0.25) is 11.7 Å². The SMILES string of the molecule is CC(C)(C)[S@+]([O-])NC(c1cccc(F)c1)C(F)(F)C(=O)C1C(=O)NC(=O)N(C2CCOCC2)C1=O. The van der Waals surface area contributed by atoms with Gasteiger partial charge in [-0.25, -0.2) is 9.18 Å². The predicted octanol–water partition coefficient (Wildman–Crippen LogP) is 2.00. The van der Waals surface area contributed by atoms with Crippen molar-refractivity contribution >= 4 is 35.0 Å². The van der Waals surface area contributed by atoms with E-state index in [1.807, 2.05) is 0 Å². The second-order valence-electron chi connectivity index (χ2n) is 9.25. The summed E-state index contributed by atoms with van der Waals surface area (Å²) in [5.41, 5.74) is -0.415. The fourth-order valence-corrected chi connectivity index (χ4v) is 4.62. The third-order valence-corrected chi connectivity index (χ3v) is 7.23. The number of amides is 4. The number of nitrogens with one attached hydrogen (secondary N) is 2. The van der Waals surface area contributed by atoms with Crippen LogP contribution in [0, 0.1) is 11.7 Å². The zero-order valence-corrected chi connectivity index (χ0v) is 20.1. The van der Waals surface area contributed by atoms with Crippen LogP contribution in [0.3, 0.4) is 0 Å². The van der Waals surface area contributed by atoms with Crippen molar-refractivity contribution in [3.63, 3.8) is 0 Å². The fraction of sp³-hybridized carbons (Fsp3) is 0.545. The van der Waals surface area contributed by atoms with Gasteiger partial charge >= 0.3 is 12.0 Å². The van der Waals surface area contributed by atoms with Gasteiger partial charge in [0.25, 0.3) is 5.91 Å². The molecule has 2 heterocycles. The molecule has 0 spiro atoms. The van der Waals surface area contributed by atoms with E-state index in [1.54, 1.807) is 5.32 Å². The number of carbonyl (C=O) groups is 4. The molecule has 2 fully saturated rings. The summed E-state index contributed by atoms with van der Waals surface area (Å²) in [6.07, 6.45) is 0.422. The number of nitrogens with zero attached hydrogens (tertiary/aromatic N) is 1. The first kappa shape index (κ1) is 27.1. The van der Waals surface area contributed by atoms with Crippen molar-refractivity contribution in [1.29, 1.82) is 0 Å². The Kier molecular flexibility index (Phi) is 7.94. The number of barbiturate groups is 1. The molecule has 2 N–H and O–H groups in total. The summed E-state index contributed by atoms with van der Waals surface area (Å²) in [5, 5.41) is 1.80. The van der Waals surface area contributed by atoms with Crippen LogP contribution < -0.4 is 10.0 Å². The number of alkyl halides is 2. The summed E-state index contributed by atoms with van der Waals surface area (Å²) in [4.78, 5) is 51.5. The van der Waals surface area contributed by atoms with Crippen LogP contribution in [0.2, 0.25) is 0 Å². The Balaban J connectivity index is 1.98. The number of halogens is 3. The Bertz CT molecular complexity index is 1010. The van der Waals surface area contributed by atoms with E-state index in [2.05, 4.69) is 4.72 Å². The molecule has 4 amide bonds. The molecule has 13 heteroatoms. The van der Waals surface area contributed by atoms with Gasteiger partial charge in [0.15, 0.2) is 5.92 Å². The van der Waals surface area contributed by atoms with E-state index < -0.39 is 75.0 Å². The molecule has 2 unspecified atom stereocenters. The topological polar surface area (TPSA) is 128 Å². The molecule has 0 aliphatic carbocycles. The molecule has 0 saturated carbocycles. The van der Waals surface area contributed by atoms with Gasteiger partial charge in [-0.3, -0.25) is 24.6 Å². The van der Waals surface area contributed by atoms with Gasteiger partial charge in [-0.05, 0) is 51.3 Å². The lowest BCUT2D eigenvalue weighted by molar-refractivity contribution is -0.162. The molecule has 1 aromatic carbocycles. The predicted molar refractivity (Wildman–Crippen MR) is 118 cm³/mol. The molecule has 0 radical (unpaired) electrons. The molecular weight excluding hydrogens is 491 g/mol. The molecule has 35 heavy (non-hydrogen) atoms. The Morgan fingerprint density at radius 3 is 2.43 bits per heavy atom. The molecule has 2 aliphatic rings. The number of rotatable bonds is 7. The van der Waals surface area contributed by atoms with Crippen molar-refractivity contribution in [2.45, 2.75) is 56.4 Å². The van der Waals surface area contributed by atoms with E-state index in [-0.39, 0.29) is 26.1 Å². The van der Waals surface area contributed by atoms with Gasteiger partial charge in [-0.2, -0.15) is 8.78 Å². The summed E-state index contributed by atoms with van der Waals surface area (Å²) >= 11 is -2.15.